The Morgan fingerprint density at radius 3 is 2.28 bits per heavy atom. The van der Waals surface area contributed by atoms with Crippen molar-refractivity contribution in [3.63, 3.8) is 0 Å². The topological polar surface area (TPSA) is 104 Å². The van der Waals surface area contributed by atoms with Crippen molar-refractivity contribution in [2.24, 2.45) is 0 Å². The van der Waals surface area contributed by atoms with Gasteiger partial charge in [0.25, 0.3) is 0 Å². The summed E-state index contributed by atoms with van der Waals surface area (Å²) in [6.07, 6.45) is 8.46. The highest BCUT2D eigenvalue weighted by molar-refractivity contribution is 6.12. The van der Waals surface area contributed by atoms with Crippen molar-refractivity contribution in [2.45, 2.75) is 38.1 Å². The van der Waals surface area contributed by atoms with Gasteiger partial charge in [0.2, 0.25) is 11.6 Å². The summed E-state index contributed by atoms with van der Waals surface area (Å²) < 4.78 is 20.5. The van der Waals surface area contributed by atoms with Crippen LogP contribution < -0.4 is 5.32 Å². The van der Waals surface area contributed by atoms with Crippen LogP contribution in [0.2, 0.25) is 0 Å². The minimum absolute atomic E-state index is 0.0101. The normalized spacial score (nSPS) is 14.2. The zero-order chi connectivity index (χ0) is 22.9. The van der Waals surface area contributed by atoms with E-state index in [1.54, 1.807) is 12.2 Å². The Morgan fingerprint density at radius 1 is 0.969 bits per heavy atom. The minimum Gasteiger partial charge on any atom is -0.465 e. The zero-order valence-electron chi connectivity index (χ0n) is 18.2. The number of hydrogen-bond donors (Lipinski definition) is 1. The molecule has 32 heavy (non-hydrogen) atoms. The predicted octanol–water partition coefficient (Wildman–Crippen LogP) is 4.47. The summed E-state index contributed by atoms with van der Waals surface area (Å²) in [5.74, 6) is -2.97. The number of rotatable bonds is 8. The molecule has 170 valence electrons. The van der Waals surface area contributed by atoms with Crippen molar-refractivity contribution in [2.75, 3.05) is 26.1 Å². The minimum atomic E-state index is -0.891. The van der Waals surface area contributed by atoms with E-state index in [0.29, 0.717) is 0 Å². The van der Waals surface area contributed by atoms with Gasteiger partial charge in [-0.25, -0.2) is 14.4 Å². The first-order valence-electron chi connectivity index (χ1n) is 10.5. The third-order valence-corrected chi connectivity index (χ3v) is 5.23. The molecule has 3 rings (SSSR count). The highest BCUT2D eigenvalue weighted by Gasteiger charge is 2.36. The van der Waals surface area contributed by atoms with E-state index in [9.17, 15) is 14.4 Å². The van der Waals surface area contributed by atoms with Crippen molar-refractivity contribution >= 4 is 29.9 Å². The molecule has 1 aliphatic carbocycles. The second-order valence-electron chi connectivity index (χ2n) is 7.38. The number of carbonyl (C=O) groups excluding carboxylic acids is 3. The summed E-state index contributed by atoms with van der Waals surface area (Å²) in [6.45, 7) is -0.0476. The van der Waals surface area contributed by atoms with Crippen LogP contribution in [-0.2, 0) is 14.2 Å². The molecular weight excluding hydrogens is 414 g/mol. The van der Waals surface area contributed by atoms with Gasteiger partial charge in [0.1, 0.15) is 17.7 Å². The van der Waals surface area contributed by atoms with E-state index in [1.807, 2.05) is 30.3 Å². The maximum absolute atomic E-state index is 12.7. The number of esters is 3. The van der Waals surface area contributed by atoms with Crippen LogP contribution in [-0.4, -0.2) is 44.8 Å². The molecule has 1 aliphatic rings. The fourth-order valence-corrected chi connectivity index (χ4v) is 3.64. The van der Waals surface area contributed by atoms with Crippen LogP contribution in [0, 0.1) is 0 Å². The van der Waals surface area contributed by atoms with Gasteiger partial charge in [-0.15, -0.1) is 0 Å². The summed E-state index contributed by atoms with van der Waals surface area (Å²) in [4.78, 5) is 37.7. The van der Waals surface area contributed by atoms with Crippen molar-refractivity contribution in [1.29, 1.82) is 0 Å². The third kappa shape index (κ3) is 5.57. The van der Waals surface area contributed by atoms with E-state index in [1.165, 1.54) is 7.11 Å². The summed E-state index contributed by atoms with van der Waals surface area (Å²) in [7, 11) is 2.34. The Morgan fingerprint density at radius 2 is 1.62 bits per heavy atom. The van der Waals surface area contributed by atoms with Crippen molar-refractivity contribution in [3.8, 4) is 0 Å². The lowest BCUT2D eigenvalue weighted by atomic mass is 9.95. The highest BCUT2D eigenvalue weighted by Crippen LogP contribution is 2.32. The van der Waals surface area contributed by atoms with E-state index in [4.69, 9.17) is 18.6 Å². The molecule has 2 aromatic rings. The van der Waals surface area contributed by atoms with Crippen LogP contribution in [0.1, 0.15) is 68.9 Å². The number of carbonyl (C=O) groups is 3. The van der Waals surface area contributed by atoms with Crippen LogP contribution in [0.3, 0.4) is 0 Å². The van der Waals surface area contributed by atoms with E-state index in [2.05, 4.69) is 5.32 Å². The molecule has 8 heteroatoms. The smallest absolute Gasteiger partial charge is 0.375 e. The quantitative estimate of drug-likeness (QED) is 0.473. The molecule has 1 aromatic carbocycles. The van der Waals surface area contributed by atoms with Gasteiger partial charge in [-0.3, -0.25) is 0 Å². The van der Waals surface area contributed by atoms with Gasteiger partial charge < -0.3 is 23.9 Å². The maximum atomic E-state index is 12.7. The molecule has 0 saturated heterocycles. The number of ether oxygens (including phenoxy) is 3. The molecule has 0 unspecified atom stereocenters. The first-order chi connectivity index (χ1) is 15.5. The van der Waals surface area contributed by atoms with Gasteiger partial charge in [0.05, 0.1) is 14.2 Å². The van der Waals surface area contributed by atoms with Gasteiger partial charge >= 0.3 is 17.9 Å². The standard InChI is InChI=1S/C24H27NO7/c1-29-22(26)18-19(23(27)30-2)21(25-17-13-7-4-8-14-17)32-20(18)24(28)31-15-9-12-16-10-5-3-6-11-16/h3,5-6,9-12,17,25H,4,7-8,13-15H2,1-2H3/b12-9+. The molecule has 1 N–H and O–H groups in total. The molecule has 1 fully saturated rings. The largest absolute Gasteiger partial charge is 0.465 e. The van der Waals surface area contributed by atoms with E-state index < -0.39 is 23.7 Å². The third-order valence-electron chi connectivity index (χ3n) is 5.23. The Kier molecular flexibility index (Phi) is 8.08. The predicted molar refractivity (Wildman–Crippen MR) is 118 cm³/mol. The fourth-order valence-electron chi connectivity index (χ4n) is 3.64. The summed E-state index contributed by atoms with van der Waals surface area (Å²) in [5.41, 5.74) is 0.468. The molecular formula is C24H27NO7. The Labute approximate surface area is 186 Å². The van der Waals surface area contributed by atoms with E-state index in [-0.39, 0.29) is 29.7 Å². The number of methoxy groups -OCH3 is 2. The Balaban J connectivity index is 1.85. The van der Waals surface area contributed by atoms with Gasteiger partial charge in [0.15, 0.2) is 0 Å². The molecule has 0 radical (unpaired) electrons. The molecule has 0 amide bonds. The van der Waals surface area contributed by atoms with Crippen LogP contribution in [0.25, 0.3) is 6.08 Å². The first-order valence-corrected chi connectivity index (χ1v) is 10.5. The number of anilines is 1. The molecule has 0 aliphatic heterocycles. The van der Waals surface area contributed by atoms with Crippen molar-refractivity contribution < 1.29 is 33.0 Å². The molecule has 1 heterocycles. The van der Waals surface area contributed by atoms with Gasteiger partial charge in [-0.05, 0) is 24.5 Å². The lowest BCUT2D eigenvalue weighted by molar-refractivity contribution is 0.0489. The summed E-state index contributed by atoms with van der Waals surface area (Å²) in [6, 6.07) is 9.57. The van der Waals surface area contributed by atoms with Gasteiger partial charge in [0, 0.05) is 6.04 Å². The molecule has 0 bridgehead atoms. The average Bonchev–Trinajstić information content (AvgIpc) is 3.21. The van der Waals surface area contributed by atoms with Crippen molar-refractivity contribution in [3.05, 3.63) is 58.9 Å². The van der Waals surface area contributed by atoms with E-state index in [0.717, 1.165) is 44.8 Å². The number of benzene rings is 1. The molecule has 8 nitrogen and oxygen atoms in total. The first kappa shape index (κ1) is 23.1. The molecule has 0 atom stereocenters. The molecule has 0 spiro atoms. The molecule has 1 aromatic heterocycles. The fraction of sp³-hybridized carbons (Fsp3) is 0.375. The van der Waals surface area contributed by atoms with Crippen LogP contribution >= 0.6 is 0 Å². The van der Waals surface area contributed by atoms with Gasteiger partial charge in [-0.2, -0.15) is 0 Å². The second-order valence-corrected chi connectivity index (χ2v) is 7.38. The Bertz CT molecular complexity index is 972. The van der Waals surface area contributed by atoms with Crippen LogP contribution in [0.5, 0.6) is 0 Å². The van der Waals surface area contributed by atoms with Gasteiger partial charge in [-0.1, -0.05) is 55.7 Å². The summed E-state index contributed by atoms with van der Waals surface area (Å²) >= 11 is 0. The number of nitrogens with one attached hydrogen (secondary N) is 1. The monoisotopic (exact) mass is 441 g/mol. The average molecular weight is 441 g/mol. The van der Waals surface area contributed by atoms with Crippen LogP contribution in [0.4, 0.5) is 5.88 Å². The second kappa shape index (κ2) is 11.2. The maximum Gasteiger partial charge on any atom is 0.375 e. The lowest BCUT2D eigenvalue weighted by Gasteiger charge is -2.22. The molecule has 1 saturated carbocycles. The van der Waals surface area contributed by atoms with E-state index >= 15 is 0 Å². The zero-order valence-corrected chi connectivity index (χ0v) is 18.2. The highest BCUT2D eigenvalue weighted by atomic mass is 16.6. The number of furan rings is 1. The van der Waals surface area contributed by atoms with Crippen molar-refractivity contribution in [1.82, 2.24) is 0 Å². The SMILES string of the molecule is COC(=O)c1c(NC2CCCCC2)oc(C(=O)OC/C=C/c2ccccc2)c1C(=O)OC. The Hall–Kier alpha value is -3.55. The lowest BCUT2D eigenvalue weighted by Crippen LogP contribution is -2.23. The number of hydrogen-bond acceptors (Lipinski definition) is 8. The summed E-state index contributed by atoms with van der Waals surface area (Å²) in [5, 5.41) is 3.15. The van der Waals surface area contributed by atoms with Crippen LogP contribution in [0.15, 0.2) is 40.8 Å².